The number of thioether (sulfide) groups is 1. The van der Waals surface area contributed by atoms with E-state index in [1.165, 1.54) is 11.8 Å². The fourth-order valence-corrected chi connectivity index (χ4v) is 4.15. The minimum absolute atomic E-state index is 0.150. The van der Waals surface area contributed by atoms with Crippen LogP contribution in [0.4, 0.5) is 5.69 Å². The number of rotatable bonds is 9. The molecule has 0 spiro atoms. The van der Waals surface area contributed by atoms with Gasteiger partial charge in [0.25, 0.3) is 11.1 Å². The van der Waals surface area contributed by atoms with Crippen molar-refractivity contribution < 1.29 is 13.9 Å². The number of amides is 1. The average molecular weight is 498 g/mol. The van der Waals surface area contributed by atoms with E-state index in [0.717, 1.165) is 28.3 Å². The standard InChI is InChI=1S/C27H23N5O3S/c1-34-22-14-12-20(13-15-22)23-16-24(32(31-23)17-19-8-4-2-5-9-19)26-29-30-27(35-26)36-18-25(33)28-21-10-6-3-7-11-21/h2-16H,17-18H2,1H3,(H,28,33). The quantitative estimate of drug-likeness (QED) is 0.273. The smallest absolute Gasteiger partial charge is 0.277 e. The summed E-state index contributed by atoms with van der Waals surface area (Å²) < 4.78 is 13.0. The summed E-state index contributed by atoms with van der Waals surface area (Å²) in [5, 5.41) is 16.3. The molecule has 0 unspecified atom stereocenters. The number of methoxy groups -OCH3 is 1. The van der Waals surface area contributed by atoms with Crippen molar-refractivity contribution in [3.05, 3.63) is 96.6 Å². The highest BCUT2D eigenvalue weighted by molar-refractivity contribution is 7.99. The van der Waals surface area contributed by atoms with Gasteiger partial charge < -0.3 is 14.5 Å². The summed E-state index contributed by atoms with van der Waals surface area (Å²) >= 11 is 1.18. The maximum absolute atomic E-state index is 12.3. The first-order valence-electron chi connectivity index (χ1n) is 11.3. The summed E-state index contributed by atoms with van der Waals surface area (Å²) in [6, 6.07) is 29.0. The second kappa shape index (κ2) is 10.9. The third kappa shape index (κ3) is 5.64. The molecule has 0 aliphatic heterocycles. The van der Waals surface area contributed by atoms with Crippen LogP contribution < -0.4 is 10.1 Å². The lowest BCUT2D eigenvalue weighted by molar-refractivity contribution is -0.113. The van der Waals surface area contributed by atoms with Crippen LogP contribution in [0, 0.1) is 0 Å². The Kier molecular flexibility index (Phi) is 7.09. The topological polar surface area (TPSA) is 95.1 Å². The van der Waals surface area contributed by atoms with Crippen LogP contribution in [-0.2, 0) is 11.3 Å². The number of hydrogen-bond donors (Lipinski definition) is 1. The van der Waals surface area contributed by atoms with Gasteiger partial charge in [-0.25, -0.2) is 0 Å². The van der Waals surface area contributed by atoms with Gasteiger partial charge in [0.05, 0.1) is 25.1 Å². The number of carbonyl (C=O) groups excluding carboxylic acids is 1. The monoisotopic (exact) mass is 497 g/mol. The van der Waals surface area contributed by atoms with E-state index >= 15 is 0 Å². The Balaban J connectivity index is 1.36. The number of aromatic nitrogens is 4. The summed E-state index contributed by atoms with van der Waals surface area (Å²) in [6.45, 7) is 0.538. The summed E-state index contributed by atoms with van der Waals surface area (Å²) in [7, 11) is 1.64. The first-order valence-corrected chi connectivity index (χ1v) is 12.2. The second-order valence-corrected chi connectivity index (χ2v) is 8.79. The molecule has 2 heterocycles. The third-order valence-corrected chi connectivity index (χ3v) is 6.17. The number of benzene rings is 3. The van der Waals surface area contributed by atoms with E-state index < -0.39 is 0 Å². The van der Waals surface area contributed by atoms with Gasteiger partial charge in [-0.1, -0.05) is 60.3 Å². The number of ether oxygens (including phenoxy) is 1. The number of carbonyl (C=O) groups is 1. The first-order chi connectivity index (χ1) is 17.7. The zero-order valence-corrected chi connectivity index (χ0v) is 20.3. The normalized spacial score (nSPS) is 10.8. The van der Waals surface area contributed by atoms with Crippen molar-refractivity contribution >= 4 is 23.4 Å². The molecular weight excluding hydrogens is 474 g/mol. The molecule has 1 N–H and O–H groups in total. The van der Waals surface area contributed by atoms with Crippen molar-refractivity contribution in [2.75, 3.05) is 18.2 Å². The van der Waals surface area contributed by atoms with Gasteiger partial charge in [-0.2, -0.15) is 5.10 Å². The number of hydrogen-bond acceptors (Lipinski definition) is 7. The van der Waals surface area contributed by atoms with Gasteiger partial charge in [-0.05, 0) is 48.0 Å². The van der Waals surface area contributed by atoms with Crippen molar-refractivity contribution in [3.63, 3.8) is 0 Å². The van der Waals surface area contributed by atoms with Gasteiger partial charge in [0.15, 0.2) is 0 Å². The fraction of sp³-hybridized carbons (Fsp3) is 0.111. The predicted octanol–water partition coefficient (Wildman–Crippen LogP) is 5.39. The molecule has 5 aromatic rings. The molecular formula is C27H23N5O3S. The molecule has 3 aromatic carbocycles. The lowest BCUT2D eigenvalue weighted by Crippen LogP contribution is -2.13. The molecule has 8 nitrogen and oxygen atoms in total. The van der Waals surface area contributed by atoms with Gasteiger partial charge in [0.2, 0.25) is 5.91 Å². The van der Waals surface area contributed by atoms with E-state index in [9.17, 15) is 4.79 Å². The number of nitrogens with zero attached hydrogens (tertiary/aromatic N) is 4. The van der Waals surface area contributed by atoms with E-state index in [0.29, 0.717) is 23.4 Å². The van der Waals surface area contributed by atoms with Crippen LogP contribution in [0.3, 0.4) is 0 Å². The molecule has 0 saturated heterocycles. The Morgan fingerprint density at radius 1 is 0.972 bits per heavy atom. The largest absolute Gasteiger partial charge is 0.497 e. The Labute approximate surface area is 212 Å². The molecule has 0 aliphatic rings. The van der Waals surface area contributed by atoms with E-state index in [1.54, 1.807) is 7.11 Å². The van der Waals surface area contributed by atoms with Crippen LogP contribution in [0.25, 0.3) is 22.8 Å². The Morgan fingerprint density at radius 2 is 1.69 bits per heavy atom. The van der Waals surface area contributed by atoms with Crippen LogP contribution in [0.15, 0.2) is 101 Å². The maximum atomic E-state index is 12.3. The zero-order chi connectivity index (χ0) is 24.7. The molecule has 0 aliphatic carbocycles. The SMILES string of the molecule is COc1ccc(-c2cc(-c3nnc(SCC(=O)Nc4ccccc4)o3)n(Cc3ccccc3)n2)cc1. The molecule has 180 valence electrons. The minimum Gasteiger partial charge on any atom is -0.497 e. The van der Waals surface area contributed by atoms with Crippen molar-refractivity contribution in [3.8, 4) is 28.6 Å². The van der Waals surface area contributed by atoms with Crippen molar-refractivity contribution in [1.82, 2.24) is 20.0 Å². The fourth-order valence-electron chi connectivity index (χ4n) is 3.59. The first kappa shape index (κ1) is 23.4. The number of nitrogens with one attached hydrogen (secondary N) is 1. The highest BCUT2D eigenvalue weighted by Crippen LogP contribution is 2.29. The van der Waals surface area contributed by atoms with Crippen LogP contribution >= 0.6 is 11.8 Å². The van der Waals surface area contributed by atoms with Crippen LogP contribution in [0.5, 0.6) is 5.75 Å². The van der Waals surface area contributed by atoms with Crippen LogP contribution in [0.2, 0.25) is 0 Å². The average Bonchev–Trinajstić information content (AvgIpc) is 3.56. The molecule has 36 heavy (non-hydrogen) atoms. The van der Waals surface area contributed by atoms with E-state index in [1.807, 2.05) is 95.7 Å². The molecule has 0 radical (unpaired) electrons. The van der Waals surface area contributed by atoms with Crippen molar-refractivity contribution in [1.29, 1.82) is 0 Å². The lowest BCUT2D eigenvalue weighted by atomic mass is 10.1. The zero-order valence-electron chi connectivity index (χ0n) is 19.5. The second-order valence-electron chi connectivity index (χ2n) is 7.86. The van der Waals surface area contributed by atoms with Crippen molar-refractivity contribution in [2.45, 2.75) is 11.8 Å². The minimum atomic E-state index is -0.151. The van der Waals surface area contributed by atoms with Gasteiger partial charge in [-0.3, -0.25) is 9.48 Å². The van der Waals surface area contributed by atoms with Crippen LogP contribution in [-0.4, -0.2) is 38.7 Å². The summed E-state index contributed by atoms with van der Waals surface area (Å²) in [5.41, 5.74) is 4.24. The molecule has 1 amide bonds. The summed E-state index contributed by atoms with van der Waals surface area (Å²) in [6.07, 6.45) is 0. The van der Waals surface area contributed by atoms with Crippen LogP contribution in [0.1, 0.15) is 5.56 Å². The van der Waals surface area contributed by atoms with Gasteiger partial charge >= 0.3 is 0 Å². The number of anilines is 1. The van der Waals surface area contributed by atoms with Crippen molar-refractivity contribution in [2.24, 2.45) is 0 Å². The predicted molar refractivity (Wildman–Crippen MR) is 139 cm³/mol. The number of para-hydroxylation sites is 1. The van der Waals surface area contributed by atoms with Gasteiger partial charge in [0.1, 0.15) is 11.4 Å². The highest BCUT2D eigenvalue weighted by Gasteiger charge is 2.18. The summed E-state index contributed by atoms with van der Waals surface area (Å²) in [5.74, 6) is 1.11. The molecule has 0 fully saturated rings. The lowest BCUT2D eigenvalue weighted by Gasteiger charge is -2.05. The molecule has 0 bridgehead atoms. The Hall–Kier alpha value is -4.37. The van der Waals surface area contributed by atoms with E-state index in [4.69, 9.17) is 14.3 Å². The third-order valence-electron chi connectivity index (χ3n) is 5.35. The molecule has 0 saturated carbocycles. The summed E-state index contributed by atoms with van der Waals surface area (Å²) in [4.78, 5) is 12.3. The molecule has 9 heteroatoms. The molecule has 2 aromatic heterocycles. The van der Waals surface area contributed by atoms with E-state index in [-0.39, 0.29) is 11.7 Å². The Morgan fingerprint density at radius 3 is 2.42 bits per heavy atom. The highest BCUT2D eigenvalue weighted by atomic mass is 32.2. The Bertz CT molecular complexity index is 1430. The van der Waals surface area contributed by atoms with Gasteiger partial charge in [0, 0.05) is 11.3 Å². The maximum Gasteiger partial charge on any atom is 0.277 e. The molecule has 0 atom stereocenters. The van der Waals surface area contributed by atoms with E-state index in [2.05, 4.69) is 15.5 Å². The molecule has 5 rings (SSSR count). The van der Waals surface area contributed by atoms with Gasteiger partial charge in [-0.15, -0.1) is 10.2 Å².